The van der Waals surface area contributed by atoms with E-state index in [4.69, 9.17) is 5.84 Å². The Bertz CT molecular complexity index is 473. The predicted octanol–water partition coefficient (Wildman–Crippen LogP) is 0.730. The molecule has 0 aromatic heterocycles. The van der Waals surface area contributed by atoms with Crippen molar-refractivity contribution in [3.63, 3.8) is 0 Å². The molecule has 2 fully saturated rings. The van der Waals surface area contributed by atoms with Gasteiger partial charge < -0.3 is 10.0 Å². The zero-order valence-corrected chi connectivity index (χ0v) is 13.5. The number of aliphatic hydroxyl groups is 1. The van der Waals surface area contributed by atoms with Crippen LogP contribution < -0.4 is 11.3 Å². The molecule has 0 bridgehead atoms. The summed E-state index contributed by atoms with van der Waals surface area (Å²) in [6.45, 7) is 0.649. The second-order valence-corrected chi connectivity index (χ2v) is 6.27. The van der Waals surface area contributed by atoms with Crippen LogP contribution in [0, 0.1) is 11.3 Å². The van der Waals surface area contributed by atoms with E-state index in [1.165, 1.54) is 0 Å². The van der Waals surface area contributed by atoms with Crippen molar-refractivity contribution < 1.29 is 27.9 Å². The van der Waals surface area contributed by atoms with Gasteiger partial charge in [0, 0.05) is 13.1 Å². The molecule has 0 aromatic rings. The smallest absolute Gasteiger partial charge is 0.373 e. The van der Waals surface area contributed by atoms with Gasteiger partial charge >= 0.3 is 6.18 Å². The molecule has 1 heterocycles. The van der Waals surface area contributed by atoms with Crippen LogP contribution in [0.5, 0.6) is 0 Å². The van der Waals surface area contributed by atoms with Crippen LogP contribution in [0.15, 0.2) is 0 Å². The second-order valence-electron chi connectivity index (χ2n) is 6.27. The van der Waals surface area contributed by atoms with Gasteiger partial charge in [-0.05, 0) is 38.5 Å². The van der Waals surface area contributed by atoms with E-state index in [0.29, 0.717) is 32.6 Å². The highest BCUT2D eigenvalue weighted by atomic mass is 35.5. The normalized spacial score (nSPS) is 23.5. The molecule has 4 N–H and O–H groups in total. The van der Waals surface area contributed by atoms with Crippen LogP contribution in [0.4, 0.5) is 13.2 Å². The summed E-state index contributed by atoms with van der Waals surface area (Å²) in [5.74, 6) is 3.57. The van der Waals surface area contributed by atoms with Gasteiger partial charge in [0.15, 0.2) is 0 Å². The van der Waals surface area contributed by atoms with Crippen LogP contribution in [-0.2, 0) is 9.59 Å². The van der Waals surface area contributed by atoms with E-state index >= 15 is 0 Å². The fourth-order valence-corrected chi connectivity index (χ4v) is 3.16. The van der Waals surface area contributed by atoms with Crippen molar-refractivity contribution in [2.45, 2.75) is 44.4 Å². The zero-order chi connectivity index (χ0) is 16.8. The molecule has 0 unspecified atom stereocenters. The molecular formula is C13H21ClF3N3O3. The summed E-state index contributed by atoms with van der Waals surface area (Å²) >= 11 is 0. The van der Waals surface area contributed by atoms with Crippen molar-refractivity contribution in [1.82, 2.24) is 10.3 Å². The average molecular weight is 360 g/mol. The molecule has 10 heteroatoms. The number of carbonyl (C=O) groups is 2. The van der Waals surface area contributed by atoms with Crippen LogP contribution in [0.3, 0.4) is 0 Å². The van der Waals surface area contributed by atoms with E-state index in [9.17, 15) is 27.9 Å². The molecule has 0 aromatic carbocycles. The summed E-state index contributed by atoms with van der Waals surface area (Å²) in [7, 11) is 0. The lowest BCUT2D eigenvalue weighted by atomic mass is 9.80. The summed E-state index contributed by atoms with van der Waals surface area (Å²) in [6, 6.07) is 0. The largest absolute Gasteiger partial charge is 0.426 e. The standard InChI is InChI=1S/C13H20F3N3O3.ClH/c1-11(22,13(14,15)16)10(21)19-6-2-8(3-7-19)12(4-5-12)9(20)18-17;/h8,22H,2-7,17H2,1H3,(H,18,20);1H/t11-;/m1./s1. The molecule has 1 atom stereocenters. The Morgan fingerprint density at radius 3 is 2.09 bits per heavy atom. The number of hydrogen-bond acceptors (Lipinski definition) is 4. The molecule has 1 aliphatic heterocycles. The van der Waals surface area contributed by atoms with Crippen molar-refractivity contribution in [3.05, 3.63) is 0 Å². The minimum absolute atomic E-state index is 0. The van der Waals surface area contributed by atoms with Gasteiger partial charge in [-0.3, -0.25) is 15.0 Å². The molecule has 23 heavy (non-hydrogen) atoms. The third kappa shape index (κ3) is 3.41. The number of alkyl halides is 3. The highest BCUT2D eigenvalue weighted by molar-refractivity contribution is 5.86. The monoisotopic (exact) mass is 359 g/mol. The van der Waals surface area contributed by atoms with E-state index in [1.807, 2.05) is 0 Å². The number of carbonyl (C=O) groups excluding carboxylic acids is 2. The first-order chi connectivity index (χ1) is 10.1. The summed E-state index contributed by atoms with van der Waals surface area (Å²) in [5, 5.41) is 9.44. The van der Waals surface area contributed by atoms with Gasteiger partial charge in [-0.2, -0.15) is 13.2 Å². The minimum atomic E-state index is -5.02. The van der Waals surface area contributed by atoms with E-state index in [1.54, 1.807) is 0 Å². The molecule has 1 aliphatic carbocycles. The van der Waals surface area contributed by atoms with E-state index in [2.05, 4.69) is 5.43 Å². The van der Waals surface area contributed by atoms with Crippen molar-refractivity contribution in [1.29, 1.82) is 0 Å². The highest BCUT2D eigenvalue weighted by Gasteiger charge is 2.59. The SMILES string of the molecule is C[C@@](O)(C(=O)N1CCC(C2(C(=O)NN)CC2)CC1)C(F)(F)F.Cl. The maximum atomic E-state index is 12.7. The molecule has 0 spiro atoms. The summed E-state index contributed by atoms with van der Waals surface area (Å²) in [5.41, 5.74) is -1.78. The summed E-state index contributed by atoms with van der Waals surface area (Å²) < 4.78 is 38.1. The quantitative estimate of drug-likeness (QED) is 0.393. The van der Waals surface area contributed by atoms with Crippen LogP contribution in [0.1, 0.15) is 32.6 Å². The first-order valence-electron chi connectivity index (χ1n) is 7.16. The Balaban J connectivity index is 0.00000264. The molecule has 2 amide bonds. The van der Waals surface area contributed by atoms with Gasteiger partial charge in [-0.1, -0.05) is 0 Å². The third-order valence-corrected chi connectivity index (χ3v) is 4.90. The van der Waals surface area contributed by atoms with Crippen LogP contribution in [0.2, 0.25) is 0 Å². The maximum absolute atomic E-state index is 12.7. The maximum Gasteiger partial charge on any atom is 0.426 e. The summed E-state index contributed by atoms with van der Waals surface area (Å²) in [6.07, 6.45) is -2.76. The predicted molar refractivity (Wildman–Crippen MR) is 77.2 cm³/mol. The second kappa shape index (κ2) is 6.45. The molecule has 0 radical (unpaired) electrons. The fourth-order valence-electron chi connectivity index (χ4n) is 3.16. The molecule has 1 saturated heterocycles. The number of amides is 2. The van der Waals surface area contributed by atoms with Gasteiger partial charge in [0.1, 0.15) is 0 Å². The van der Waals surface area contributed by atoms with Gasteiger partial charge in [0.2, 0.25) is 11.5 Å². The lowest BCUT2D eigenvalue weighted by molar-refractivity contribution is -0.250. The molecule has 2 aliphatic rings. The first-order valence-corrected chi connectivity index (χ1v) is 7.16. The Morgan fingerprint density at radius 2 is 1.74 bits per heavy atom. The lowest BCUT2D eigenvalue weighted by Crippen LogP contribution is -2.58. The highest BCUT2D eigenvalue weighted by Crippen LogP contribution is 2.55. The van der Waals surface area contributed by atoms with Crippen molar-refractivity contribution in [2.75, 3.05) is 13.1 Å². The van der Waals surface area contributed by atoms with E-state index < -0.39 is 23.1 Å². The Kier molecular flexibility index (Phi) is 5.60. The number of hydrazine groups is 1. The van der Waals surface area contributed by atoms with Crippen LogP contribution in [-0.4, -0.2) is 46.7 Å². The average Bonchev–Trinajstić information content (AvgIpc) is 3.26. The van der Waals surface area contributed by atoms with Gasteiger partial charge in [-0.25, -0.2) is 5.84 Å². The summed E-state index contributed by atoms with van der Waals surface area (Å²) in [4.78, 5) is 24.7. The van der Waals surface area contributed by atoms with Crippen LogP contribution in [0.25, 0.3) is 0 Å². The zero-order valence-electron chi connectivity index (χ0n) is 12.7. The number of rotatable bonds is 3. The van der Waals surface area contributed by atoms with E-state index in [-0.39, 0.29) is 37.3 Å². The number of nitrogens with two attached hydrogens (primary N) is 1. The Labute approximate surface area is 137 Å². The Hall–Kier alpha value is -1.06. The lowest BCUT2D eigenvalue weighted by Gasteiger charge is -2.38. The number of nitrogens with one attached hydrogen (secondary N) is 1. The number of hydrogen-bond donors (Lipinski definition) is 3. The van der Waals surface area contributed by atoms with Gasteiger partial charge in [0.25, 0.3) is 5.91 Å². The third-order valence-electron chi connectivity index (χ3n) is 4.90. The number of piperidine rings is 1. The first kappa shape index (κ1) is 20.0. The Morgan fingerprint density at radius 1 is 1.26 bits per heavy atom. The number of nitrogens with zero attached hydrogens (tertiary/aromatic N) is 1. The molecular weight excluding hydrogens is 339 g/mol. The fraction of sp³-hybridized carbons (Fsp3) is 0.846. The molecule has 134 valence electrons. The molecule has 6 nitrogen and oxygen atoms in total. The van der Waals surface area contributed by atoms with Gasteiger partial charge in [0.05, 0.1) is 5.41 Å². The van der Waals surface area contributed by atoms with Crippen LogP contribution >= 0.6 is 12.4 Å². The topological polar surface area (TPSA) is 95.7 Å². The van der Waals surface area contributed by atoms with Crippen molar-refractivity contribution in [3.8, 4) is 0 Å². The van der Waals surface area contributed by atoms with Gasteiger partial charge in [-0.15, -0.1) is 12.4 Å². The van der Waals surface area contributed by atoms with E-state index in [0.717, 1.165) is 4.90 Å². The number of halogens is 4. The minimum Gasteiger partial charge on any atom is -0.373 e. The number of likely N-dealkylation sites (tertiary alicyclic amines) is 1. The van der Waals surface area contributed by atoms with Crippen molar-refractivity contribution >= 4 is 24.2 Å². The van der Waals surface area contributed by atoms with Crippen molar-refractivity contribution in [2.24, 2.45) is 17.2 Å². The molecule has 2 rings (SSSR count). The molecule has 1 saturated carbocycles.